The van der Waals surface area contributed by atoms with Gasteiger partial charge in [0.1, 0.15) is 5.75 Å². The molecule has 0 spiro atoms. The van der Waals surface area contributed by atoms with Crippen LogP contribution in [0.5, 0.6) is 5.75 Å². The van der Waals surface area contributed by atoms with Crippen molar-refractivity contribution in [3.05, 3.63) is 54.1 Å². The van der Waals surface area contributed by atoms with Crippen LogP contribution in [0.4, 0.5) is 11.4 Å². The molecule has 0 fully saturated rings. The van der Waals surface area contributed by atoms with Crippen molar-refractivity contribution in [2.75, 3.05) is 17.8 Å². The van der Waals surface area contributed by atoms with E-state index in [1.165, 1.54) is 5.56 Å². The van der Waals surface area contributed by atoms with E-state index in [1.54, 1.807) is 0 Å². The van der Waals surface area contributed by atoms with Crippen LogP contribution in [0, 0.1) is 6.92 Å². The summed E-state index contributed by atoms with van der Waals surface area (Å²) in [4.78, 5) is 0. The summed E-state index contributed by atoms with van der Waals surface area (Å²) >= 11 is 0. The van der Waals surface area contributed by atoms with Crippen LogP contribution in [-0.2, 0) is 0 Å². The van der Waals surface area contributed by atoms with Gasteiger partial charge >= 0.3 is 0 Å². The number of benzene rings is 2. The maximum Gasteiger partial charge on any atom is 0.159 e. The van der Waals surface area contributed by atoms with Gasteiger partial charge in [-0.25, -0.2) is 0 Å². The molecule has 0 bridgehead atoms. The second kappa shape index (κ2) is 5.25. The first-order valence-corrected chi connectivity index (χ1v) is 5.53. The first kappa shape index (κ1) is 11.3. The summed E-state index contributed by atoms with van der Waals surface area (Å²) in [5.41, 5.74) is 8.62. The molecule has 17 heavy (non-hydrogen) atoms. The number of nitrogen functional groups attached to an aromatic ring is 1. The van der Waals surface area contributed by atoms with Crippen molar-refractivity contribution < 1.29 is 4.74 Å². The van der Waals surface area contributed by atoms with Crippen molar-refractivity contribution in [3.63, 3.8) is 0 Å². The summed E-state index contributed by atoms with van der Waals surface area (Å²) in [6.45, 7) is 2.50. The smallest absolute Gasteiger partial charge is 0.159 e. The topological polar surface area (TPSA) is 47.3 Å². The quantitative estimate of drug-likeness (QED) is 0.624. The Hall–Kier alpha value is -2.16. The van der Waals surface area contributed by atoms with Crippen molar-refractivity contribution in [1.29, 1.82) is 0 Å². The molecule has 0 aliphatic carbocycles. The fraction of sp³-hybridized carbons (Fsp3) is 0.143. The molecule has 2 rings (SSSR count). The number of aryl methyl sites for hydroxylation is 1. The molecule has 0 saturated heterocycles. The molecule has 0 heterocycles. The summed E-state index contributed by atoms with van der Waals surface area (Å²) in [6, 6.07) is 15.5. The van der Waals surface area contributed by atoms with Crippen LogP contribution in [0.2, 0.25) is 0 Å². The Morgan fingerprint density at radius 2 is 1.65 bits per heavy atom. The van der Waals surface area contributed by atoms with Crippen LogP contribution >= 0.6 is 0 Å². The van der Waals surface area contributed by atoms with Gasteiger partial charge in [-0.05, 0) is 43.3 Å². The third kappa shape index (κ3) is 3.41. The van der Waals surface area contributed by atoms with Gasteiger partial charge in [0.15, 0.2) is 6.73 Å². The van der Waals surface area contributed by atoms with E-state index in [1.807, 2.05) is 36.4 Å². The highest BCUT2D eigenvalue weighted by atomic mass is 16.5. The van der Waals surface area contributed by atoms with E-state index in [0.717, 1.165) is 17.1 Å². The van der Waals surface area contributed by atoms with Gasteiger partial charge in [0, 0.05) is 11.4 Å². The maximum absolute atomic E-state index is 5.59. The van der Waals surface area contributed by atoms with E-state index in [-0.39, 0.29) is 0 Å². The van der Waals surface area contributed by atoms with Crippen molar-refractivity contribution in [1.82, 2.24) is 0 Å². The molecule has 0 aromatic heterocycles. The van der Waals surface area contributed by atoms with Crippen LogP contribution in [-0.4, -0.2) is 6.73 Å². The van der Waals surface area contributed by atoms with Crippen molar-refractivity contribution in [2.45, 2.75) is 6.92 Å². The fourth-order valence-corrected chi connectivity index (χ4v) is 1.44. The molecule has 0 radical (unpaired) electrons. The van der Waals surface area contributed by atoms with Crippen molar-refractivity contribution >= 4 is 11.4 Å². The van der Waals surface area contributed by atoms with Gasteiger partial charge in [0.2, 0.25) is 0 Å². The standard InChI is InChI=1S/C14H16N2O/c1-11-2-6-13(7-3-11)16-10-17-14-8-4-12(15)5-9-14/h2-9,16H,10,15H2,1H3. The Morgan fingerprint density at radius 1 is 1.00 bits per heavy atom. The zero-order valence-electron chi connectivity index (χ0n) is 9.81. The molecule has 0 unspecified atom stereocenters. The van der Waals surface area contributed by atoms with E-state index in [2.05, 4.69) is 24.4 Å². The molecule has 3 N–H and O–H groups in total. The molecule has 0 saturated carbocycles. The lowest BCUT2D eigenvalue weighted by atomic mass is 10.2. The Kier molecular flexibility index (Phi) is 3.50. The maximum atomic E-state index is 5.59. The molecule has 0 atom stereocenters. The second-order valence-corrected chi connectivity index (χ2v) is 3.90. The minimum absolute atomic E-state index is 0.437. The van der Waals surface area contributed by atoms with E-state index in [9.17, 15) is 0 Å². The zero-order chi connectivity index (χ0) is 12.1. The SMILES string of the molecule is Cc1ccc(NCOc2ccc(N)cc2)cc1. The molecular formula is C14H16N2O. The molecular weight excluding hydrogens is 212 g/mol. The lowest BCUT2D eigenvalue weighted by Gasteiger charge is -2.09. The highest BCUT2D eigenvalue weighted by Gasteiger charge is 1.94. The van der Waals surface area contributed by atoms with Gasteiger partial charge in [0.05, 0.1) is 0 Å². The van der Waals surface area contributed by atoms with E-state index >= 15 is 0 Å². The number of nitrogens with two attached hydrogens (primary N) is 1. The lowest BCUT2D eigenvalue weighted by molar-refractivity contribution is 0.347. The van der Waals surface area contributed by atoms with E-state index in [0.29, 0.717) is 6.73 Å². The molecule has 2 aromatic rings. The monoisotopic (exact) mass is 228 g/mol. The Bertz CT molecular complexity index is 417. The summed E-state index contributed by atoms with van der Waals surface area (Å²) in [5.74, 6) is 0.804. The number of rotatable bonds is 4. The minimum atomic E-state index is 0.437. The van der Waals surface area contributed by atoms with Gasteiger partial charge in [0.25, 0.3) is 0 Å². The molecule has 0 aliphatic heterocycles. The molecule has 0 amide bonds. The number of nitrogens with one attached hydrogen (secondary N) is 1. The number of hydrogen-bond acceptors (Lipinski definition) is 3. The molecule has 3 heteroatoms. The van der Waals surface area contributed by atoms with E-state index in [4.69, 9.17) is 10.5 Å². The van der Waals surface area contributed by atoms with Gasteiger partial charge in [-0.1, -0.05) is 17.7 Å². The van der Waals surface area contributed by atoms with Gasteiger partial charge in [-0.3, -0.25) is 0 Å². The number of anilines is 2. The Morgan fingerprint density at radius 3 is 2.29 bits per heavy atom. The van der Waals surface area contributed by atoms with E-state index < -0.39 is 0 Å². The van der Waals surface area contributed by atoms with Crippen molar-refractivity contribution in [3.8, 4) is 5.75 Å². The average Bonchev–Trinajstić information content (AvgIpc) is 2.34. The average molecular weight is 228 g/mol. The van der Waals surface area contributed by atoms with Crippen LogP contribution < -0.4 is 15.8 Å². The van der Waals surface area contributed by atoms with Crippen LogP contribution in [0.1, 0.15) is 5.56 Å². The summed E-state index contributed by atoms with van der Waals surface area (Å²) in [7, 11) is 0. The second-order valence-electron chi connectivity index (χ2n) is 3.90. The summed E-state index contributed by atoms with van der Waals surface area (Å²) < 4.78 is 5.53. The van der Waals surface area contributed by atoms with Gasteiger partial charge in [-0.15, -0.1) is 0 Å². The first-order valence-electron chi connectivity index (χ1n) is 5.53. The molecule has 3 nitrogen and oxygen atoms in total. The fourth-order valence-electron chi connectivity index (χ4n) is 1.44. The largest absolute Gasteiger partial charge is 0.473 e. The van der Waals surface area contributed by atoms with Crippen LogP contribution in [0.3, 0.4) is 0 Å². The predicted molar refractivity (Wildman–Crippen MR) is 71.2 cm³/mol. The van der Waals surface area contributed by atoms with Crippen LogP contribution in [0.15, 0.2) is 48.5 Å². The number of hydrogen-bond donors (Lipinski definition) is 2. The molecule has 2 aromatic carbocycles. The Labute approximate surface area is 101 Å². The lowest BCUT2D eigenvalue weighted by Crippen LogP contribution is -2.08. The summed E-state index contributed by atoms with van der Waals surface area (Å²) in [5, 5.41) is 3.18. The van der Waals surface area contributed by atoms with Gasteiger partial charge < -0.3 is 15.8 Å². The predicted octanol–water partition coefficient (Wildman–Crippen LogP) is 3.03. The van der Waals surface area contributed by atoms with Crippen LogP contribution in [0.25, 0.3) is 0 Å². The highest BCUT2D eigenvalue weighted by molar-refractivity contribution is 5.44. The minimum Gasteiger partial charge on any atom is -0.473 e. The third-order valence-corrected chi connectivity index (χ3v) is 2.45. The number of ether oxygens (including phenoxy) is 1. The van der Waals surface area contributed by atoms with Gasteiger partial charge in [-0.2, -0.15) is 0 Å². The highest BCUT2D eigenvalue weighted by Crippen LogP contribution is 2.13. The third-order valence-electron chi connectivity index (χ3n) is 2.45. The summed E-state index contributed by atoms with van der Waals surface area (Å²) in [6.07, 6.45) is 0. The zero-order valence-corrected chi connectivity index (χ0v) is 9.81. The molecule has 88 valence electrons. The Balaban J connectivity index is 1.83. The normalized spacial score (nSPS) is 9.94. The van der Waals surface area contributed by atoms with Crippen molar-refractivity contribution in [2.24, 2.45) is 0 Å². The molecule has 0 aliphatic rings. The first-order chi connectivity index (χ1) is 8.24.